The summed E-state index contributed by atoms with van der Waals surface area (Å²) in [5.74, 6) is 1.22. The summed E-state index contributed by atoms with van der Waals surface area (Å²) in [7, 11) is 0. The van der Waals surface area contributed by atoms with Crippen LogP contribution in [0.15, 0.2) is 36.4 Å². The van der Waals surface area contributed by atoms with Crippen LogP contribution in [0.25, 0.3) is 22.6 Å². The van der Waals surface area contributed by atoms with Crippen LogP contribution < -0.4 is 5.32 Å². The Hall–Kier alpha value is -3.29. The van der Waals surface area contributed by atoms with E-state index in [1.165, 1.54) is 18.2 Å². The highest BCUT2D eigenvalue weighted by Gasteiger charge is 2.26. The Morgan fingerprint density at radius 1 is 1.17 bits per heavy atom. The summed E-state index contributed by atoms with van der Waals surface area (Å²) >= 11 is 0. The van der Waals surface area contributed by atoms with E-state index in [1.54, 1.807) is 18.2 Å². The number of halogens is 1. The Kier molecular flexibility index (Phi) is 5.01. The molecule has 8 heteroatoms. The van der Waals surface area contributed by atoms with Gasteiger partial charge < -0.3 is 10.3 Å². The molecule has 2 N–H and O–H groups in total. The van der Waals surface area contributed by atoms with E-state index in [2.05, 4.69) is 15.3 Å². The zero-order chi connectivity index (χ0) is 21.5. The topological polar surface area (TPSA) is 96.7 Å². The molecule has 1 saturated carbocycles. The first-order valence-corrected chi connectivity index (χ1v) is 9.98. The third-order valence-electron chi connectivity index (χ3n) is 5.11. The smallest absolute Gasteiger partial charge is 0.311 e. The van der Waals surface area contributed by atoms with Crippen LogP contribution in [0, 0.1) is 21.8 Å². The number of nitrogens with one attached hydrogen (secondary N) is 2. The van der Waals surface area contributed by atoms with Crippen molar-refractivity contribution >= 4 is 11.5 Å². The molecular formula is C22H24FN5O2. The molecule has 0 atom stereocenters. The highest BCUT2D eigenvalue weighted by molar-refractivity contribution is 5.78. The molecule has 0 saturated heterocycles. The number of hydrogen-bond donors (Lipinski definition) is 2. The molecule has 2 heterocycles. The number of benzene rings is 1. The molecule has 30 heavy (non-hydrogen) atoms. The van der Waals surface area contributed by atoms with Gasteiger partial charge in [-0.2, -0.15) is 0 Å². The molecule has 0 bridgehead atoms. The highest BCUT2D eigenvalue weighted by atomic mass is 19.1. The molecule has 0 amide bonds. The molecule has 1 aromatic carbocycles. The van der Waals surface area contributed by atoms with Gasteiger partial charge in [-0.15, -0.1) is 0 Å². The molecule has 0 aliphatic heterocycles. The number of H-pyrrole nitrogens is 1. The van der Waals surface area contributed by atoms with Crippen molar-refractivity contribution < 1.29 is 9.31 Å². The van der Waals surface area contributed by atoms with Crippen LogP contribution in [0.5, 0.6) is 0 Å². The van der Waals surface area contributed by atoms with Crippen molar-refractivity contribution in [2.75, 3.05) is 11.9 Å². The van der Waals surface area contributed by atoms with Gasteiger partial charge in [0.1, 0.15) is 11.6 Å². The lowest BCUT2D eigenvalue weighted by Gasteiger charge is -2.14. The van der Waals surface area contributed by atoms with Crippen molar-refractivity contribution in [1.82, 2.24) is 15.0 Å². The first-order chi connectivity index (χ1) is 14.2. The molecule has 7 nitrogen and oxygen atoms in total. The van der Waals surface area contributed by atoms with Crippen molar-refractivity contribution in [2.45, 2.75) is 39.0 Å². The molecule has 1 fully saturated rings. The quantitative estimate of drug-likeness (QED) is 0.425. The number of aromatic nitrogens is 3. The van der Waals surface area contributed by atoms with Crippen LogP contribution in [-0.2, 0) is 5.41 Å². The Morgan fingerprint density at radius 3 is 2.47 bits per heavy atom. The predicted molar refractivity (Wildman–Crippen MR) is 114 cm³/mol. The molecule has 4 rings (SSSR count). The van der Waals surface area contributed by atoms with Gasteiger partial charge >= 0.3 is 5.69 Å². The first-order valence-electron chi connectivity index (χ1n) is 9.98. The van der Waals surface area contributed by atoms with E-state index in [-0.39, 0.29) is 22.7 Å². The number of pyridine rings is 1. The third kappa shape index (κ3) is 4.17. The second-order valence-electron chi connectivity index (χ2n) is 8.71. The summed E-state index contributed by atoms with van der Waals surface area (Å²) in [6, 6.07) is 9.18. The van der Waals surface area contributed by atoms with Gasteiger partial charge in [-0.05, 0) is 49.1 Å². The summed E-state index contributed by atoms with van der Waals surface area (Å²) in [6.07, 6.45) is 2.26. The molecule has 0 radical (unpaired) electrons. The SMILES string of the molecule is CC(C)(C)c1nc(-c2ccc(F)cc2)c(-c2ccc([N+](=O)[O-])c(NCC3CC3)n2)[nH]1. The van der Waals surface area contributed by atoms with Crippen LogP contribution in [-0.4, -0.2) is 26.4 Å². The van der Waals surface area contributed by atoms with Gasteiger partial charge in [0.15, 0.2) is 0 Å². The Bertz CT molecular complexity index is 1080. The Morgan fingerprint density at radius 2 is 1.87 bits per heavy atom. The molecule has 2 aromatic heterocycles. The fourth-order valence-corrected chi connectivity index (χ4v) is 3.16. The third-order valence-corrected chi connectivity index (χ3v) is 5.11. The normalized spacial score (nSPS) is 14.0. The maximum Gasteiger partial charge on any atom is 0.311 e. The van der Waals surface area contributed by atoms with Crippen molar-refractivity contribution in [2.24, 2.45) is 5.92 Å². The fourth-order valence-electron chi connectivity index (χ4n) is 3.16. The number of aromatic amines is 1. The molecule has 1 aliphatic carbocycles. The lowest BCUT2D eigenvalue weighted by molar-refractivity contribution is -0.384. The summed E-state index contributed by atoms with van der Waals surface area (Å²) in [5, 5.41) is 14.6. The van der Waals surface area contributed by atoms with Gasteiger partial charge in [0, 0.05) is 23.6 Å². The van der Waals surface area contributed by atoms with Gasteiger partial charge in [-0.3, -0.25) is 10.1 Å². The second kappa shape index (κ2) is 7.51. The zero-order valence-electron chi connectivity index (χ0n) is 17.2. The van der Waals surface area contributed by atoms with Crippen LogP contribution in [0.1, 0.15) is 39.4 Å². The first kappa shape index (κ1) is 20.0. The minimum Gasteiger partial charge on any atom is -0.364 e. The monoisotopic (exact) mass is 409 g/mol. The van der Waals surface area contributed by atoms with Gasteiger partial charge in [-0.25, -0.2) is 14.4 Å². The van der Waals surface area contributed by atoms with Crippen molar-refractivity contribution in [3.05, 3.63) is 58.2 Å². The summed E-state index contributed by atoms with van der Waals surface area (Å²) in [6.45, 7) is 6.78. The number of rotatable bonds is 6. The minimum atomic E-state index is -0.430. The number of anilines is 1. The predicted octanol–water partition coefficient (Wildman–Crippen LogP) is 5.31. The largest absolute Gasteiger partial charge is 0.364 e. The molecule has 156 valence electrons. The standard InChI is InChI=1S/C22H24FN5O2/c1-22(2,3)21-26-18(14-6-8-15(23)9-7-14)19(27-21)16-10-11-17(28(29)30)20(25-16)24-12-13-4-5-13/h6-11,13H,4-5,12H2,1-3H3,(H,24,25)(H,26,27). The molecule has 3 aromatic rings. The molecular weight excluding hydrogens is 385 g/mol. The zero-order valence-corrected chi connectivity index (χ0v) is 17.2. The van der Waals surface area contributed by atoms with Crippen molar-refractivity contribution in [3.8, 4) is 22.6 Å². The maximum atomic E-state index is 13.4. The van der Waals surface area contributed by atoms with Crippen molar-refractivity contribution in [1.29, 1.82) is 0 Å². The number of hydrogen-bond acceptors (Lipinski definition) is 5. The summed E-state index contributed by atoms with van der Waals surface area (Å²) in [5.41, 5.74) is 2.26. The van der Waals surface area contributed by atoms with Crippen LogP contribution in [0.4, 0.5) is 15.9 Å². The lowest BCUT2D eigenvalue weighted by Crippen LogP contribution is -2.13. The summed E-state index contributed by atoms with van der Waals surface area (Å²) in [4.78, 5) is 23.7. The van der Waals surface area contributed by atoms with Gasteiger partial charge in [0.2, 0.25) is 5.82 Å². The maximum absolute atomic E-state index is 13.4. The van der Waals surface area contributed by atoms with E-state index in [1.807, 2.05) is 20.8 Å². The van der Waals surface area contributed by atoms with E-state index in [4.69, 9.17) is 4.98 Å². The van der Waals surface area contributed by atoms with E-state index in [9.17, 15) is 14.5 Å². The number of nitro groups is 1. The van der Waals surface area contributed by atoms with Gasteiger partial charge in [0.25, 0.3) is 0 Å². The summed E-state index contributed by atoms with van der Waals surface area (Å²) < 4.78 is 13.4. The van der Waals surface area contributed by atoms with E-state index in [0.29, 0.717) is 29.5 Å². The van der Waals surface area contributed by atoms with Crippen LogP contribution >= 0.6 is 0 Å². The fraction of sp³-hybridized carbons (Fsp3) is 0.364. The molecule has 0 unspecified atom stereocenters. The van der Waals surface area contributed by atoms with E-state index in [0.717, 1.165) is 24.2 Å². The number of nitrogens with zero attached hydrogens (tertiary/aromatic N) is 3. The second-order valence-corrected chi connectivity index (χ2v) is 8.71. The van der Waals surface area contributed by atoms with Crippen LogP contribution in [0.3, 0.4) is 0 Å². The Balaban J connectivity index is 1.81. The van der Waals surface area contributed by atoms with Gasteiger partial charge in [-0.1, -0.05) is 20.8 Å². The van der Waals surface area contributed by atoms with E-state index >= 15 is 0 Å². The highest BCUT2D eigenvalue weighted by Crippen LogP contribution is 2.35. The molecule has 1 aliphatic rings. The van der Waals surface area contributed by atoms with Crippen LogP contribution in [0.2, 0.25) is 0 Å². The van der Waals surface area contributed by atoms with Gasteiger partial charge in [0.05, 0.1) is 22.0 Å². The van der Waals surface area contributed by atoms with E-state index < -0.39 is 4.92 Å². The average molecular weight is 409 g/mol. The van der Waals surface area contributed by atoms with Crippen molar-refractivity contribution in [3.63, 3.8) is 0 Å². The minimum absolute atomic E-state index is 0.0571. The Labute approximate surface area is 173 Å². The number of imidazole rings is 1. The molecule has 0 spiro atoms. The lowest BCUT2D eigenvalue weighted by atomic mass is 9.96. The average Bonchev–Trinajstić information content (AvgIpc) is 3.41.